The van der Waals surface area contributed by atoms with E-state index in [0.29, 0.717) is 21.9 Å². The van der Waals surface area contributed by atoms with Crippen molar-refractivity contribution in [2.45, 2.75) is 0 Å². The van der Waals surface area contributed by atoms with Crippen LogP contribution in [0.3, 0.4) is 0 Å². The standard InChI is InChI=1S/C15H11ClN2O2/c1-20-11-7-5-10(6-8-11)15-12(9-19)13-3-2-4-14(16)18(13)17-15/h2-9H,1H3. The molecule has 20 heavy (non-hydrogen) atoms. The molecule has 0 fully saturated rings. The van der Waals surface area contributed by atoms with Crippen LogP contribution in [0.4, 0.5) is 0 Å². The van der Waals surface area contributed by atoms with Gasteiger partial charge in [-0.25, -0.2) is 4.52 Å². The number of nitrogens with zero attached hydrogens (tertiary/aromatic N) is 2. The number of methoxy groups -OCH3 is 1. The van der Waals surface area contributed by atoms with Gasteiger partial charge in [-0.1, -0.05) is 17.7 Å². The van der Waals surface area contributed by atoms with Crippen LogP contribution in [-0.4, -0.2) is 23.0 Å². The summed E-state index contributed by atoms with van der Waals surface area (Å²) in [5, 5.41) is 4.88. The van der Waals surface area contributed by atoms with Crippen molar-refractivity contribution in [2.75, 3.05) is 7.11 Å². The van der Waals surface area contributed by atoms with Gasteiger partial charge in [0.05, 0.1) is 18.2 Å². The van der Waals surface area contributed by atoms with E-state index in [1.807, 2.05) is 30.3 Å². The second-order valence-electron chi connectivity index (χ2n) is 4.25. The van der Waals surface area contributed by atoms with Crippen LogP contribution in [0.15, 0.2) is 42.5 Å². The second-order valence-corrected chi connectivity index (χ2v) is 4.64. The molecule has 2 aromatic heterocycles. The fourth-order valence-electron chi connectivity index (χ4n) is 2.13. The van der Waals surface area contributed by atoms with Crippen molar-refractivity contribution in [3.05, 3.63) is 53.2 Å². The number of aldehydes is 1. The molecule has 0 unspecified atom stereocenters. The lowest BCUT2D eigenvalue weighted by Crippen LogP contribution is -1.88. The van der Waals surface area contributed by atoms with Crippen molar-refractivity contribution in [3.63, 3.8) is 0 Å². The minimum atomic E-state index is 0.463. The van der Waals surface area contributed by atoms with Gasteiger partial charge in [0.2, 0.25) is 0 Å². The molecule has 100 valence electrons. The Kier molecular flexibility index (Phi) is 3.16. The Morgan fingerprint density at radius 3 is 2.60 bits per heavy atom. The van der Waals surface area contributed by atoms with Gasteiger partial charge in [0.15, 0.2) is 6.29 Å². The molecule has 2 heterocycles. The summed E-state index contributed by atoms with van der Waals surface area (Å²) in [6.45, 7) is 0. The zero-order valence-corrected chi connectivity index (χ0v) is 11.5. The van der Waals surface area contributed by atoms with Gasteiger partial charge in [-0.05, 0) is 36.4 Å². The Bertz CT molecular complexity index is 778. The molecule has 0 saturated carbocycles. The lowest BCUT2D eigenvalue weighted by molar-refractivity contribution is 0.112. The highest BCUT2D eigenvalue weighted by atomic mass is 35.5. The number of carbonyl (C=O) groups is 1. The first-order valence-electron chi connectivity index (χ1n) is 6.01. The molecule has 3 aromatic rings. The molecule has 0 aliphatic heterocycles. The molecule has 0 saturated heterocycles. The number of benzene rings is 1. The molecule has 1 aromatic carbocycles. The average Bonchev–Trinajstić information content (AvgIpc) is 2.87. The third-order valence-corrected chi connectivity index (χ3v) is 3.42. The average molecular weight is 287 g/mol. The predicted octanol–water partition coefficient (Wildman–Crippen LogP) is 3.48. The molecule has 0 aliphatic rings. The van der Waals surface area contributed by atoms with Gasteiger partial charge in [-0.15, -0.1) is 0 Å². The molecule has 5 heteroatoms. The maximum absolute atomic E-state index is 11.4. The van der Waals surface area contributed by atoms with Crippen molar-refractivity contribution in [1.29, 1.82) is 0 Å². The zero-order chi connectivity index (χ0) is 14.1. The first-order chi connectivity index (χ1) is 9.74. The topological polar surface area (TPSA) is 43.6 Å². The van der Waals surface area contributed by atoms with E-state index in [9.17, 15) is 4.79 Å². The van der Waals surface area contributed by atoms with Gasteiger partial charge in [0.25, 0.3) is 0 Å². The Hall–Kier alpha value is -2.33. The van der Waals surface area contributed by atoms with Crippen LogP contribution in [0.1, 0.15) is 10.4 Å². The van der Waals surface area contributed by atoms with Crippen LogP contribution in [0.2, 0.25) is 5.15 Å². The van der Waals surface area contributed by atoms with Gasteiger partial charge < -0.3 is 4.74 Å². The highest BCUT2D eigenvalue weighted by Crippen LogP contribution is 2.28. The summed E-state index contributed by atoms with van der Waals surface area (Å²) in [4.78, 5) is 11.4. The first-order valence-corrected chi connectivity index (χ1v) is 6.39. The number of halogens is 1. The van der Waals surface area contributed by atoms with E-state index in [-0.39, 0.29) is 0 Å². The van der Waals surface area contributed by atoms with Crippen molar-refractivity contribution in [3.8, 4) is 17.0 Å². The summed E-state index contributed by atoms with van der Waals surface area (Å²) in [5.41, 5.74) is 2.67. The van der Waals surface area contributed by atoms with Crippen LogP contribution < -0.4 is 4.74 Å². The molecular weight excluding hydrogens is 276 g/mol. The van der Waals surface area contributed by atoms with E-state index in [1.54, 1.807) is 23.8 Å². The second kappa shape index (κ2) is 4.98. The number of hydrogen-bond donors (Lipinski definition) is 0. The highest BCUT2D eigenvalue weighted by Gasteiger charge is 2.15. The number of carbonyl (C=O) groups excluding carboxylic acids is 1. The summed E-state index contributed by atoms with van der Waals surface area (Å²) < 4.78 is 6.68. The molecule has 0 bridgehead atoms. The molecular formula is C15H11ClN2O2. The molecule has 0 N–H and O–H groups in total. The van der Waals surface area contributed by atoms with E-state index in [2.05, 4.69) is 5.10 Å². The summed E-state index contributed by atoms with van der Waals surface area (Å²) in [6.07, 6.45) is 0.804. The largest absolute Gasteiger partial charge is 0.497 e. The Balaban J connectivity index is 2.24. The van der Waals surface area contributed by atoms with Crippen molar-refractivity contribution >= 4 is 23.4 Å². The third kappa shape index (κ3) is 1.94. The quantitative estimate of drug-likeness (QED) is 0.547. The third-order valence-electron chi connectivity index (χ3n) is 3.13. The molecule has 0 amide bonds. The number of aromatic nitrogens is 2. The van der Waals surface area contributed by atoms with Crippen LogP contribution in [0.25, 0.3) is 16.8 Å². The number of pyridine rings is 1. The van der Waals surface area contributed by atoms with Gasteiger partial charge in [-0.2, -0.15) is 5.10 Å². The Morgan fingerprint density at radius 2 is 1.95 bits per heavy atom. The summed E-state index contributed by atoms with van der Waals surface area (Å²) in [7, 11) is 1.61. The summed E-state index contributed by atoms with van der Waals surface area (Å²) >= 11 is 6.10. The molecule has 3 rings (SSSR count). The van der Waals surface area contributed by atoms with Crippen molar-refractivity contribution < 1.29 is 9.53 Å². The highest BCUT2D eigenvalue weighted by molar-refractivity contribution is 6.29. The number of rotatable bonds is 3. The predicted molar refractivity (Wildman–Crippen MR) is 77.6 cm³/mol. The smallest absolute Gasteiger partial charge is 0.154 e. The van der Waals surface area contributed by atoms with Crippen molar-refractivity contribution in [1.82, 2.24) is 9.61 Å². The molecule has 0 aliphatic carbocycles. The minimum Gasteiger partial charge on any atom is -0.497 e. The summed E-state index contributed by atoms with van der Waals surface area (Å²) in [5.74, 6) is 0.753. The minimum absolute atomic E-state index is 0.463. The maximum Gasteiger partial charge on any atom is 0.154 e. The lowest BCUT2D eigenvalue weighted by Gasteiger charge is -2.01. The van der Waals surface area contributed by atoms with E-state index in [0.717, 1.165) is 17.6 Å². The molecule has 0 spiro atoms. The fraction of sp³-hybridized carbons (Fsp3) is 0.0667. The normalized spacial score (nSPS) is 10.7. The maximum atomic E-state index is 11.4. The zero-order valence-electron chi connectivity index (χ0n) is 10.7. The van der Waals surface area contributed by atoms with Gasteiger partial charge in [0, 0.05) is 5.56 Å². The van der Waals surface area contributed by atoms with Crippen LogP contribution in [0, 0.1) is 0 Å². The molecule has 0 radical (unpaired) electrons. The van der Waals surface area contributed by atoms with Gasteiger partial charge in [0.1, 0.15) is 16.6 Å². The van der Waals surface area contributed by atoms with E-state index < -0.39 is 0 Å². The fourth-order valence-corrected chi connectivity index (χ4v) is 2.34. The Labute approximate surface area is 120 Å². The number of fused-ring (bicyclic) bond motifs is 1. The van der Waals surface area contributed by atoms with E-state index in [4.69, 9.17) is 16.3 Å². The number of hydrogen-bond acceptors (Lipinski definition) is 3. The van der Waals surface area contributed by atoms with E-state index in [1.165, 1.54) is 0 Å². The van der Waals surface area contributed by atoms with Crippen LogP contribution in [0.5, 0.6) is 5.75 Å². The lowest BCUT2D eigenvalue weighted by atomic mass is 10.1. The SMILES string of the molecule is COc1ccc(-c2nn3c(Cl)cccc3c2C=O)cc1. The van der Waals surface area contributed by atoms with Crippen LogP contribution in [-0.2, 0) is 0 Å². The van der Waals surface area contributed by atoms with Crippen molar-refractivity contribution in [2.24, 2.45) is 0 Å². The first kappa shape index (κ1) is 12.7. The van der Waals surface area contributed by atoms with E-state index >= 15 is 0 Å². The number of ether oxygens (including phenoxy) is 1. The molecule has 0 atom stereocenters. The Morgan fingerprint density at radius 1 is 1.20 bits per heavy atom. The monoisotopic (exact) mass is 286 g/mol. The van der Waals surface area contributed by atoms with Gasteiger partial charge in [-0.3, -0.25) is 4.79 Å². The van der Waals surface area contributed by atoms with Gasteiger partial charge >= 0.3 is 0 Å². The summed E-state index contributed by atoms with van der Waals surface area (Å²) in [6, 6.07) is 12.7. The molecule has 4 nitrogen and oxygen atoms in total. The van der Waals surface area contributed by atoms with Crippen LogP contribution >= 0.6 is 11.6 Å².